The predicted molar refractivity (Wildman–Crippen MR) is 74.0 cm³/mol. The highest BCUT2D eigenvalue weighted by Crippen LogP contribution is 2.18. The smallest absolute Gasteiger partial charge is 0.256 e. The fourth-order valence-electron chi connectivity index (χ4n) is 1.78. The third-order valence-electron chi connectivity index (χ3n) is 2.80. The predicted octanol–water partition coefficient (Wildman–Crippen LogP) is 2.12. The zero-order valence-electron chi connectivity index (χ0n) is 10.4. The van der Waals surface area contributed by atoms with Crippen molar-refractivity contribution in [2.24, 2.45) is 0 Å². The van der Waals surface area contributed by atoms with E-state index in [2.05, 4.69) is 25.5 Å². The first-order valence-corrected chi connectivity index (χ1v) is 5.99. The molecule has 2 aromatic heterocycles. The van der Waals surface area contributed by atoms with E-state index in [4.69, 9.17) is 0 Å². The summed E-state index contributed by atoms with van der Waals surface area (Å²) in [6.45, 7) is 0. The normalized spacial score (nSPS) is 10.2. The number of nitrogens with one attached hydrogen (secondary N) is 2. The maximum atomic E-state index is 12.0. The Morgan fingerprint density at radius 3 is 2.60 bits per heavy atom. The maximum Gasteiger partial charge on any atom is 0.256 e. The largest absolute Gasteiger partial charge is 0.306 e. The van der Waals surface area contributed by atoms with Crippen LogP contribution < -0.4 is 5.32 Å². The lowest BCUT2D eigenvalue weighted by Crippen LogP contribution is -2.12. The van der Waals surface area contributed by atoms with Gasteiger partial charge in [0.25, 0.3) is 5.91 Å². The zero-order valence-corrected chi connectivity index (χ0v) is 10.4. The Balaban J connectivity index is 1.76. The third kappa shape index (κ3) is 2.54. The van der Waals surface area contributed by atoms with Crippen molar-refractivity contribution in [1.82, 2.24) is 20.2 Å². The minimum Gasteiger partial charge on any atom is -0.306 e. The van der Waals surface area contributed by atoms with E-state index in [9.17, 15) is 4.79 Å². The molecule has 0 spiro atoms. The topological polar surface area (TPSA) is 83.6 Å². The van der Waals surface area contributed by atoms with Crippen LogP contribution in [0.15, 0.2) is 55.2 Å². The van der Waals surface area contributed by atoms with Crippen molar-refractivity contribution < 1.29 is 4.79 Å². The third-order valence-corrected chi connectivity index (χ3v) is 2.80. The highest BCUT2D eigenvalue weighted by Gasteiger charge is 2.07. The molecule has 0 saturated carbocycles. The van der Waals surface area contributed by atoms with Crippen molar-refractivity contribution >= 4 is 11.7 Å². The van der Waals surface area contributed by atoms with Crippen molar-refractivity contribution in [2.45, 2.75) is 0 Å². The van der Waals surface area contributed by atoms with Crippen LogP contribution in [0, 0.1) is 0 Å². The van der Waals surface area contributed by atoms with Gasteiger partial charge in [-0.3, -0.25) is 9.89 Å². The van der Waals surface area contributed by atoms with Crippen LogP contribution in [0.1, 0.15) is 10.4 Å². The molecular weight excluding hydrogens is 254 g/mol. The van der Waals surface area contributed by atoms with Gasteiger partial charge in [0.2, 0.25) is 0 Å². The Labute approximate surface area is 114 Å². The van der Waals surface area contributed by atoms with Gasteiger partial charge in [-0.25, -0.2) is 9.97 Å². The molecule has 0 aliphatic heterocycles. The molecule has 0 aliphatic rings. The first-order chi connectivity index (χ1) is 9.83. The van der Waals surface area contributed by atoms with Gasteiger partial charge >= 0.3 is 0 Å². The van der Waals surface area contributed by atoms with Crippen molar-refractivity contribution in [3.8, 4) is 11.1 Å². The van der Waals surface area contributed by atoms with E-state index in [1.807, 2.05) is 12.1 Å². The number of carbonyl (C=O) groups is 1. The first kappa shape index (κ1) is 12.0. The number of anilines is 1. The number of aromatic amines is 1. The molecule has 20 heavy (non-hydrogen) atoms. The second-order valence-electron chi connectivity index (χ2n) is 4.11. The second-order valence-corrected chi connectivity index (χ2v) is 4.11. The van der Waals surface area contributed by atoms with E-state index in [1.165, 1.54) is 6.33 Å². The maximum absolute atomic E-state index is 12.0. The van der Waals surface area contributed by atoms with Gasteiger partial charge in [-0.05, 0) is 23.8 Å². The first-order valence-electron chi connectivity index (χ1n) is 5.99. The summed E-state index contributed by atoms with van der Waals surface area (Å²) in [5, 5.41) is 9.35. The van der Waals surface area contributed by atoms with Gasteiger partial charge in [0.15, 0.2) is 0 Å². The number of rotatable bonds is 3. The van der Waals surface area contributed by atoms with E-state index in [-0.39, 0.29) is 5.91 Å². The van der Waals surface area contributed by atoms with E-state index in [0.29, 0.717) is 11.4 Å². The van der Waals surface area contributed by atoms with Crippen LogP contribution in [0.5, 0.6) is 0 Å². The summed E-state index contributed by atoms with van der Waals surface area (Å²) in [6.07, 6.45) is 6.49. The van der Waals surface area contributed by atoms with Crippen molar-refractivity contribution in [3.63, 3.8) is 0 Å². The molecule has 0 fully saturated rings. The highest BCUT2D eigenvalue weighted by atomic mass is 16.1. The van der Waals surface area contributed by atoms with Crippen LogP contribution in [0.2, 0.25) is 0 Å². The number of hydrogen-bond acceptors (Lipinski definition) is 4. The van der Waals surface area contributed by atoms with Crippen LogP contribution in [0.4, 0.5) is 5.82 Å². The lowest BCUT2D eigenvalue weighted by atomic mass is 10.1. The Morgan fingerprint density at radius 2 is 1.95 bits per heavy atom. The minimum absolute atomic E-state index is 0.206. The molecule has 0 unspecified atom stereocenters. The molecule has 1 aromatic carbocycles. The fourth-order valence-corrected chi connectivity index (χ4v) is 1.78. The average molecular weight is 265 g/mol. The Hall–Kier alpha value is -3.02. The van der Waals surface area contributed by atoms with Crippen LogP contribution in [0.3, 0.4) is 0 Å². The summed E-state index contributed by atoms with van der Waals surface area (Å²) in [6, 6.07) is 8.91. The van der Waals surface area contributed by atoms with Crippen molar-refractivity contribution in [3.05, 3.63) is 60.8 Å². The molecule has 3 aromatic rings. The number of aromatic nitrogens is 4. The standard InChI is InChI=1S/C14H11N5O/c20-14(19-13-5-6-15-9-16-13)11-3-1-10(2-4-11)12-7-17-18-8-12/h1-9H,(H,17,18)(H,15,16,19,20). The van der Waals surface area contributed by atoms with Crippen molar-refractivity contribution in [1.29, 1.82) is 0 Å². The molecule has 0 saturated heterocycles. The lowest BCUT2D eigenvalue weighted by Gasteiger charge is -2.04. The second kappa shape index (κ2) is 5.31. The average Bonchev–Trinajstić information content (AvgIpc) is 3.03. The Bertz CT molecular complexity index is 692. The highest BCUT2D eigenvalue weighted by molar-refractivity contribution is 6.03. The summed E-state index contributed by atoms with van der Waals surface area (Å²) >= 11 is 0. The number of carbonyl (C=O) groups excluding carboxylic acids is 1. The van der Waals surface area contributed by atoms with Crippen LogP contribution in [-0.4, -0.2) is 26.1 Å². The van der Waals surface area contributed by atoms with E-state index < -0.39 is 0 Å². The molecule has 0 bridgehead atoms. The van der Waals surface area contributed by atoms with Gasteiger partial charge in [-0.1, -0.05) is 12.1 Å². The van der Waals surface area contributed by atoms with Gasteiger partial charge in [0.1, 0.15) is 12.1 Å². The molecule has 0 atom stereocenters. The fraction of sp³-hybridized carbons (Fsp3) is 0. The van der Waals surface area contributed by atoms with Gasteiger partial charge in [-0.2, -0.15) is 5.10 Å². The Kier molecular flexibility index (Phi) is 3.20. The summed E-state index contributed by atoms with van der Waals surface area (Å²) in [5.41, 5.74) is 2.54. The summed E-state index contributed by atoms with van der Waals surface area (Å²) in [5.74, 6) is 0.270. The van der Waals surface area contributed by atoms with Gasteiger partial charge < -0.3 is 5.32 Å². The summed E-state index contributed by atoms with van der Waals surface area (Å²) in [4.78, 5) is 19.8. The Morgan fingerprint density at radius 1 is 1.10 bits per heavy atom. The van der Waals surface area contributed by atoms with Crippen LogP contribution in [0.25, 0.3) is 11.1 Å². The number of amides is 1. The number of hydrogen-bond donors (Lipinski definition) is 2. The SMILES string of the molecule is O=C(Nc1ccncn1)c1ccc(-c2cn[nH]c2)cc1. The number of nitrogens with zero attached hydrogens (tertiary/aromatic N) is 3. The van der Waals surface area contributed by atoms with E-state index in [0.717, 1.165) is 11.1 Å². The van der Waals surface area contributed by atoms with Gasteiger partial charge in [-0.15, -0.1) is 0 Å². The molecule has 98 valence electrons. The summed E-state index contributed by atoms with van der Waals surface area (Å²) in [7, 11) is 0. The minimum atomic E-state index is -0.206. The molecule has 2 heterocycles. The molecule has 0 radical (unpaired) electrons. The lowest BCUT2D eigenvalue weighted by molar-refractivity contribution is 0.102. The van der Waals surface area contributed by atoms with Gasteiger partial charge in [0, 0.05) is 23.5 Å². The molecule has 6 nitrogen and oxygen atoms in total. The van der Waals surface area contributed by atoms with Crippen molar-refractivity contribution in [2.75, 3.05) is 5.32 Å². The van der Waals surface area contributed by atoms with Crippen LogP contribution >= 0.6 is 0 Å². The monoisotopic (exact) mass is 265 g/mol. The molecule has 1 amide bonds. The zero-order chi connectivity index (χ0) is 13.8. The van der Waals surface area contributed by atoms with Crippen LogP contribution in [-0.2, 0) is 0 Å². The molecule has 3 rings (SSSR count). The molecule has 0 aliphatic carbocycles. The number of benzene rings is 1. The molecule has 6 heteroatoms. The molecule has 2 N–H and O–H groups in total. The van der Waals surface area contributed by atoms with E-state index >= 15 is 0 Å². The number of H-pyrrole nitrogens is 1. The van der Waals surface area contributed by atoms with E-state index in [1.54, 1.807) is 36.8 Å². The summed E-state index contributed by atoms with van der Waals surface area (Å²) < 4.78 is 0. The molecular formula is C14H11N5O. The van der Waals surface area contributed by atoms with Gasteiger partial charge in [0.05, 0.1) is 6.20 Å². The quantitative estimate of drug-likeness (QED) is 0.759.